The van der Waals surface area contributed by atoms with Crippen LogP contribution in [0.15, 0.2) is 0 Å². The third kappa shape index (κ3) is 3.12. The van der Waals surface area contributed by atoms with Crippen molar-refractivity contribution in [1.29, 1.82) is 0 Å². The van der Waals surface area contributed by atoms with Gasteiger partial charge in [-0.1, -0.05) is 6.92 Å². The number of likely N-dealkylation sites (tertiary alicyclic amines) is 1. The molecule has 1 fully saturated rings. The molecule has 2 nitrogen and oxygen atoms in total. The summed E-state index contributed by atoms with van der Waals surface area (Å²) in [5.74, 6) is 0.850. The maximum atomic E-state index is 5.38. The topological polar surface area (TPSA) is 15.3 Å². The van der Waals surface area contributed by atoms with Crippen LogP contribution in [0.3, 0.4) is 0 Å². The van der Waals surface area contributed by atoms with Crippen molar-refractivity contribution in [1.82, 2.24) is 10.2 Å². The average molecular weight is 214 g/mol. The summed E-state index contributed by atoms with van der Waals surface area (Å²) in [5.41, 5.74) is 0. The highest BCUT2D eigenvalue weighted by molar-refractivity contribution is 7.80. The fraction of sp³-hybridized carbons (Fsp3) is 0.909. The number of piperidine rings is 1. The third-order valence-electron chi connectivity index (χ3n) is 2.81. The first-order valence-corrected chi connectivity index (χ1v) is 5.98. The first kappa shape index (κ1) is 11.8. The van der Waals surface area contributed by atoms with Crippen molar-refractivity contribution in [3.05, 3.63) is 0 Å². The molecular weight excluding hydrogens is 192 g/mol. The van der Waals surface area contributed by atoms with Crippen LogP contribution in [0.5, 0.6) is 0 Å². The number of nitrogens with one attached hydrogen (secondary N) is 1. The van der Waals surface area contributed by atoms with Gasteiger partial charge in [-0.3, -0.25) is 0 Å². The molecule has 82 valence electrons. The zero-order chi connectivity index (χ0) is 10.7. The van der Waals surface area contributed by atoms with E-state index in [1.807, 2.05) is 0 Å². The minimum atomic E-state index is 0.439. The minimum Gasteiger partial charge on any atom is -0.360 e. The standard InChI is InChI=1S/C11H22N2S/c1-8(2)12-11(14)13-6-5-9(3)7-10(13)4/h8-10H,5-7H2,1-4H3,(H,12,14). The molecule has 1 saturated heterocycles. The number of hydrogen-bond donors (Lipinski definition) is 1. The predicted octanol–water partition coefficient (Wildman–Crippen LogP) is 2.39. The summed E-state index contributed by atoms with van der Waals surface area (Å²) >= 11 is 5.38. The van der Waals surface area contributed by atoms with Crippen molar-refractivity contribution in [3.63, 3.8) is 0 Å². The van der Waals surface area contributed by atoms with Gasteiger partial charge in [0.25, 0.3) is 0 Å². The van der Waals surface area contributed by atoms with Crippen LogP contribution in [0.25, 0.3) is 0 Å². The number of rotatable bonds is 1. The number of nitrogens with zero attached hydrogens (tertiary/aromatic N) is 1. The fourth-order valence-corrected chi connectivity index (χ4v) is 2.55. The molecule has 3 heteroatoms. The Morgan fingerprint density at radius 2 is 2.07 bits per heavy atom. The molecular formula is C11H22N2S. The molecule has 0 aromatic carbocycles. The summed E-state index contributed by atoms with van der Waals surface area (Å²) in [5, 5.41) is 4.25. The second-order valence-corrected chi connectivity index (χ2v) is 5.16. The Kier molecular flexibility index (Phi) is 4.17. The maximum Gasteiger partial charge on any atom is 0.169 e. The van der Waals surface area contributed by atoms with Gasteiger partial charge >= 0.3 is 0 Å². The van der Waals surface area contributed by atoms with Crippen LogP contribution in [0.1, 0.15) is 40.5 Å². The normalized spacial score (nSPS) is 27.9. The van der Waals surface area contributed by atoms with Crippen LogP contribution in [0.2, 0.25) is 0 Å². The molecule has 0 aromatic rings. The molecule has 0 aromatic heterocycles. The summed E-state index contributed by atoms with van der Waals surface area (Å²) in [7, 11) is 0. The Bertz CT molecular complexity index is 203. The van der Waals surface area contributed by atoms with Crippen LogP contribution in [0, 0.1) is 5.92 Å². The van der Waals surface area contributed by atoms with Crippen molar-refractivity contribution in [2.75, 3.05) is 6.54 Å². The number of thiocarbonyl (C=S) groups is 1. The summed E-state index contributed by atoms with van der Waals surface area (Å²) in [6.07, 6.45) is 2.53. The minimum absolute atomic E-state index is 0.439. The van der Waals surface area contributed by atoms with E-state index in [-0.39, 0.29) is 0 Å². The maximum absolute atomic E-state index is 5.38. The van der Waals surface area contributed by atoms with Gasteiger partial charge in [-0.05, 0) is 51.7 Å². The second kappa shape index (κ2) is 4.96. The van der Waals surface area contributed by atoms with Crippen molar-refractivity contribution >= 4 is 17.3 Å². The molecule has 1 aliphatic rings. The van der Waals surface area contributed by atoms with Crippen molar-refractivity contribution in [2.24, 2.45) is 5.92 Å². The van der Waals surface area contributed by atoms with Gasteiger partial charge in [-0.2, -0.15) is 0 Å². The molecule has 0 spiro atoms. The van der Waals surface area contributed by atoms with Crippen LogP contribution < -0.4 is 5.32 Å². The highest BCUT2D eigenvalue weighted by atomic mass is 32.1. The van der Waals surface area contributed by atoms with E-state index in [1.165, 1.54) is 12.8 Å². The molecule has 1 N–H and O–H groups in total. The van der Waals surface area contributed by atoms with E-state index < -0.39 is 0 Å². The molecule has 0 bridgehead atoms. The largest absolute Gasteiger partial charge is 0.360 e. The van der Waals surface area contributed by atoms with Crippen molar-refractivity contribution in [2.45, 2.75) is 52.6 Å². The fourth-order valence-electron chi connectivity index (χ4n) is 2.04. The predicted molar refractivity (Wildman–Crippen MR) is 65.4 cm³/mol. The molecule has 0 aliphatic carbocycles. The SMILES string of the molecule is CC1CCN(C(=S)NC(C)C)C(C)C1. The third-order valence-corrected chi connectivity index (χ3v) is 3.16. The van der Waals surface area contributed by atoms with Gasteiger partial charge < -0.3 is 10.2 Å². The van der Waals surface area contributed by atoms with E-state index in [4.69, 9.17) is 12.2 Å². The summed E-state index contributed by atoms with van der Waals surface area (Å²) in [6.45, 7) is 9.96. The molecule has 0 saturated carbocycles. The van der Waals surface area contributed by atoms with Gasteiger partial charge in [0.1, 0.15) is 0 Å². The smallest absolute Gasteiger partial charge is 0.169 e. The van der Waals surface area contributed by atoms with Gasteiger partial charge in [0, 0.05) is 18.6 Å². The van der Waals surface area contributed by atoms with Gasteiger partial charge in [-0.25, -0.2) is 0 Å². The van der Waals surface area contributed by atoms with E-state index in [9.17, 15) is 0 Å². The van der Waals surface area contributed by atoms with E-state index in [1.54, 1.807) is 0 Å². The van der Waals surface area contributed by atoms with E-state index in [0.29, 0.717) is 12.1 Å². The van der Waals surface area contributed by atoms with E-state index in [0.717, 1.165) is 17.6 Å². The molecule has 1 heterocycles. The molecule has 2 unspecified atom stereocenters. The zero-order valence-electron chi connectivity index (χ0n) is 9.71. The van der Waals surface area contributed by atoms with Crippen LogP contribution in [-0.2, 0) is 0 Å². The average Bonchev–Trinajstić information content (AvgIpc) is 2.01. The van der Waals surface area contributed by atoms with Gasteiger partial charge in [-0.15, -0.1) is 0 Å². The van der Waals surface area contributed by atoms with Crippen LogP contribution in [-0.4, -0.2) is 28.6 Å². The zero-order valence-corrected chi connectivity index (χ0v) is 10.5. The Labute approximate surface area is 93.1 Å². The quantitative estimate of drug-likeness (QED) is 0.675. The lowest BCUT2D eigenvalue weighted by Gasteiger charge is -2.38. The monoisotopic (exact) mass is 214 g/mol. The molecule has 0 amide bonds. The van der Waals surface area contributed by atoms with Gasteiger partial charge in [0.05, 0.1) is 0 Å². The Morgan fingerprint density at radius 3 is 2.57 bits per heavy atom. The highest BCUT2D eigenvalue weighted by Crippen LogP contribution is 2.21. The number of hydrogen-bond acceptors (Lipinski definition) is 1. The first-order valence-electron chi connectivity index (χ1n) is 5.57. The van der Waals surface area contributed by atoms with Crippen LogP contribution in [0.4, 0.5) is 0 Å². The summed E-state index contributed by atoms with van der Waals surface area (Å²) < 4.78 is 0. The second-order valence-electron chi connectivity index (χ2n) is 4.78. The van der Waals surface area contributed by atoms with Crippen molar-refractivity contribution in [3.8, 4) is 0 Å². The molecule has 0 radical (unpaired) electrons. The summed E-state index contributed by atoms with van der Waals surface area (Å²) in [6, 6.07) is 1.03. The Morgan fingerprint density at radius 1 is 1.43 bits per heavy atom. The van der Waals surface area contributed by atoms with E-state index in [2.05, 4.69) is 37.9 Å². The molecule has 14 heavy (non-hydrogen) atoms. The van der Waals surface area contributed by atoms with Crippen molar-refractivity contribution < 1.29 is 0 Å². The highest BCUT2D eigenvalue weighted by Gasteiger charge is 2.24. The molecule has 1 aliphatic heterocycles. The first-order chi connectivity index (χ1) is 6.50. The lowest BCUT2D eigenvalue weighted by molar-refractivity contribution is 0.207. The van der Waals surface area contributed by atoms with Crippen LogP contribution >= 0.6 is 12.2 Å². The molecule has 1 rings (SSSR count). The summed E-state index contributed by atoms with van der Waals surface area (Å²) in [4.78, 5) is 2.33. The Balaban J connectivity index is 2.47. The lowest BCUT2D eigenvalue weighted by atomic mass is 9.94. The Hall–Kier alpha value is -0.310. The van der Waals surface area contributed by atoms with Gasteiger partial charge in [0.2, 0.25) is 0 Å². The molecule has 2 atom stereocenters. The van der Waals surface area contributed by atoms with E-state index >= 15 is 0 Å². The van der Waals surface area contributed by atoms with Gasteiger partial charge in [0.15, 0.2) is 5.11 Å². The lowest BCUT2D eigenvalue weighted by Crippen LogP contribution is -2.50.